The summed E-state index contributed by atoms with van der Waals surface area (Å²) in [5, 5.41) is 9.54. The van der Waals surface area contributed by atoms with Crippen LogP contribution in [0.15, 0.2) is 36.4 Å². The molecule has 0 bridgehead atoms. The molecule has 3 aromatic rings. The molecule has 1 N–H and O–H groups in total. The Morgan fingerprint density at radius 1 is 1.30 bits per heavy atom. The van der Waals surface area contributed by atoms with E-state index in [0.29, 0.717) is 33.9 Å². The van der Waals surface area contributed by atoms with Gasteiger partial charge < -0.3 is 14.5 Å². The van der Waals surface area contributed by atoms with E-state index in [1.54, 1.807) is 25.3 Å². The van der Waals surface area contributed by atoms with Crippen LogP contribution < -0.4 is 9.47 Å². The van der Waals surface area contributed by atoms with E-state index >= 15 is 0 Å². The first kappa shape index (κ1) is 18.5. The number of aromatic nitrogens is 2. The van der Waals surface area contributed by atoms with Crippen LogP contribution in [0.2, 0.25) is 0 Å². The van der Waals surface area contributed by atoms with Gasteiger partial charge in [0, 0.05) is 0 Å². The van der Waals surface area contributed by atoms with E-state index in [0.717, 1.165) is 12.0 Å². The molecule has 138 valence electrons. The first-order valence-corrected chi connectivity index (χ1v) is 8.66. The van der Waals surface area contributed by atoms with Gasteiger partial charge in [-0.05, 0) is 55.3 Å². The number of fused-ring (bicyclic) bond motifs is 1. The summed E-state index contributed by atoms with van der Waals surface area (Å²) in [6.45, 7) is 4.04. The molecule has 5 nitrogen and oxygen atoms in total. The second-order valence-corrected chi connectivity index (χ2v) is 6.16. The number of H-pyrrole nitrogens is 1. The fourth-order valence-corrected chi connectivity index (χ4v) is 2.60. The summed E-state index contributed by atoms with van der Waals surface area (Å²) >= 11 is 0. The zero-order valence-corrected chi connectivity index (χ0v) is 15.4. The number of halogens is 1. The van der Waals surface area contributed by atoms with Gasteiger partial charge >= 0.3 is 0 Å². The summed E-state index contributed by atoms with van der Waals surface area (Å²) in [6.07, 6.45) is 2.66. The maximum absolute atomic E-state index is 13.4. The molecule has 3 rings (SSSR count). The summed E-state index contributed by atoms with van der Waals surface area (Å²) in [5.74, 6) is 1.27. The van der Waals surface area contributed by atoms with Gasteiger partial charge in [-0.3, -0.25) is 0 Å². The monoisotopic (exact) mass is 365 g/mol. The van der Waals surface area contributed by atoms with Crippen molar-refractivity contribution in [2.24, 2.45) is 0 Å². The van der Waals surface area contributed by atoms with E-state index in [9.17, 15) is 9.65 Å². The van der Waals surface area contributed by atoms with Crippen LogP contribution in [-0.4, -0.2) is 23.2 Å². The Hall–Kier alpha value is -3.33. The van der Waals surface area contributed by atoms with Crippen LogP contribution in [-0.2, 0) is 0 Å². The fraction of sp³-hybridized carbons (Fsp3) is 0.238. The van der Waals surface area contributed by atoms with Crippen molar-refractivity contribution >= 4 is 22.7 Å². The minimum Gasteiger partial charge on any atom is -0.493 e. The number of nitriles is 1. The SMILES string of the molecule is CC[C@@H](C)Oc1ccc(/C=C(/C#N)c2nc3ccc(F)cc3[nH]2)cc1OC. The van der Waals surface area contributed by atoms with Crippen molar-refractivity contribution in [1.29, 1.82) is 5.26 Å². The van der Waals surface area contributed by atoms with Gasteiger partial charge in [0.15, 0.2) is 11.5 Å². The first-order valence-electron chi connectivity index (χ1n) is 8.66. The average molecular weight is 365 g/mol. The van der Waals surface area contributed by atoms with E-state index < -0.39 is 0 Å². The average Bonchev–Trinajstić information content (AvgIpc) is 3.09. The van der Waals surface area contributed by atoms with Gasteiger partial charge in [0.2, 0.25) is 0 Å². The zero-order chi connectivity index (χ0) is 19.4. The van der Waals surface area contributed by atoms with Crippen molar-refractivity contribution in [2.45, 2.75) is 26.4 Å². The number of benzene rings is 2. The normalized spacial score (nSPS) is 12.6. The Kier molecular flexibility index (Phi) is 5.41. The Bertz CT molecular complexity index is 1030. The summed E-state index contributed by atoms with van der Waals surface area (Å²) in [5.41, 5.74) is 2.25. The van der Waals surface area contributed by atoms with Crippen LogP contribution in [0.25, 0.3) is 22.7 Å². The van der Waals surface area contributed by atoms with Crippen LogP contribution in [0, 0.1) is 17.1 Å². The Morgan fingerprint density at radius 2 is 2.11 bits per heavy atom. The molecule has 0 aliphatic carbocycles. The number of aromatic amines is 1. The van der Waals surface area contributed by atoms with Crippen molar-refractivity contribution in [1.82, 2.24) is 9.97 Å². The van der Waals surface area contributed by atoms with Gasteiger partial charge in [-0.25, -0.2) is 9.37 Å². The molecule has 0 saturated carbocycles. The maximum atomic E-state index is 13.4. The van der Waals surface area contributed by atoms with E-state index in [2.05, 4.69) is 16.0 Å². The molecule has 1 aromatic heterocycles. The Morgan fingerprint density at radius 3 is 2.81 bits per heavy atom. The highest BCUT2D eigenvalue weighted by atomic mass is 19.1. The molecule has 6 heteroatoms. The highest BCUT2D eigenvalue weighted by molar-refractivity contribution is 5.90. The van der Waals surface area contributed by atoms with Gasteiger partial charge in [-0.2, -0.15) is 5.26 Å². The summed E-state index contributed by atoms with van der Waals surface area (Å²) < 4.78 is 24.6. The number of imidazole rings is 1. The molecule has 27 heavy (non-hydrogen) atoms. The number of methoxy groups -OCH3 is 1. The Balaban J connectivity index is 1.96. The van der Waals surface area contributed by atoms with Crippen molar-refractivity contribution in [3.63, 3.8) is 0 Å². The highest BCUT2D eigenvalue weighted by Gasteiger charge is 2.11. The van der Waals surface area contributed by atoms with E-state index in [1.807, 2.05) is 26.0 Å². The Labute approximate surface area is 157 Å². The number of hydrogen-bond acceptors (Lipinski definition) is 4. The third-order valence-corrected chi connectivity index (χ3v) is 4.22. The lowest BCUT2D eigenvalue weighted by atomic mass is 10.1. The molecule has 0 aliphatic heterocycles. The van der Waals surface area contributed by atoms with E-state index in [1.165, 1.54) is 12.1 Å². The second kappa shape index (κ2) is 7.92. The molecule has 0 aliphatic rings. The van der Waals surface area contributed by atoms with Gasteiger partial charge in [0.25, 0.3) is 0 Å². The van der Waals surface area contributed by atoms with Gasteiger partial charge in [-0.15, -0.1) is 0 Å². The van der Waals surface area contributed by atoms with Crippen molar-refractivity contribution < 1.29 is 13.9 Å². The molecular formula is C21H20FN3O2. The predicted octanol–water partition coefficient (Wildman–Crippen LogP) is 4.95. The molecule has 0 fully saturated rings. The van der Waals surface area contributed by atoms with Crippen LogP contribution in [0.1, 0.15) is 31.7 Å². The lowest BCUT2D eigenvalue weighted by molar-refractivity contribution is 0.207. The molecule has 1 heterocycles. The summed E-state index contributed by atoms with van der Waals surface area (Å²) in [4.78, 5) is 7.35. The molecule has 0 unspecified atom stereocenters. The number of hydrogen-bond donors (Lipinski definition) is 1. The van der Waals surface area contributed by atoms with Crippen LogP contribution in [0.3, 0.4) is 0 Å². The molecule has 1 atom stereocenters. The molecule has 0 saturated heterocycles. The molecule has 0 spiro atoms. The van der Waals surface area contributed by atoms with Crippen molar-refractivity contribution in [3.8, 4) is 17.6 Å². The van der Waals surface area contributed by atoms with E-state index in [-0.39, 0.29) is 11.9 Å². The van der Waals surface area contributed by atoms with Crippen LogP contribution in [0.5, 0.6) is 11.5 Å². The number of rotatable bonds is 6. The van der Waals surface area contributed by atoms with Crippen LogP contribution in [0.4, 0.5) is 4.39 Å². The molecular weight excluding hydrogens is 345 g/mol. The fourth-order valence-electron chi connectivity index (χ4n) is 2.60. The topological polar surface area (TPSA) is 70.9 Å². The lowest BCUT2D eigenvalue weighted by Gasteiger charge is -2.15. The van der Waals surface area contributed by atoms with Crippen LogP contribution >= 0.6 is 0 Å². The third-order valence-electron chi connectivity index (χ3n) is 4.22. The quantitative estimate of drug-likeness (QED) is 0.627. The maximum Gasteiger partial charge on any atom is 0.161 e. The van der Waals surface area contributed by atoms with E-state index in [4.69, 9.17) is 9.47 Å². The van der Waals surface area contributed by atoms with Crippen molar-refractivity contribution in [3.05, 3.63) is 53.6 Å². The third kappa shape index (κ3) is 4.09. The predicted molar refractivity (Wildman–Crippen MR) is 103 cm³/mol. The smallest absolute Gasteiger partial charge is 0.161 e. The van der Waals surface area contributed by atoms with Gasteiger partial charge in [0.05, 0.1) is 29.8 Å². The van der Waals surface area contributed by atoms with Gasteiger partial charge in [-0.1, -0.05) is 13.0 Å². The molecule has 0 radical (unpaired) electrons. The van der Waals surface area contributed by atoms with Gasteiger partial charge in [0.1, 0.15) is 17.7 Å². The minimum absolute atomic E-state index is 0.0749. The second-order valence-electron chi connectivity index (χ2n) is 6.16. The highest BCUT2D eigenvalue weighted by Crippen LogP contribution is 2.31. The number of nitrogens with one attached hydrogen (secondary N) is 1. The molecule has 2 aromatic carbocycles. The largest absolute Gasteiger partial charge is 0.493 e. The van der Waals surface area contributed by atoms with Crippen molar-refractivity contribution in [2.75, 3.05) is 7.11 Å². The summed E-state index contributed by atoms with van der Waals surface area (Å²) in [7, 11) is 1.57. The zero-order valence-electron chi connectivity index (χ0n) is 15.4. The standard InChI is InChI=1S/C21H20FN3O2/c1-4-13(2)27-19-8-5-14(10-20(19)26-3)9-15(12-23)21-24-17-7-6-16(22)11-18(17)25-21/h5-11,13H,4H2,1-3H3,(H,24,25)/b15-9-/t13-/m1/s1. The number of allylic oxidation sites excluding steroid dienone is 1. The lowest BCUT2D eigenvalue weighted by Crippen LogP contribution is -2.10. The summed E-state index contributed by atoms with van der Waals surface area (Å²) in [6, 6.07) is 11.9. The molecule has 0 amide bonds. The number of nitrogens with zero attached hydrogens (tertiary/aromatic N) is 2. The number of ether oxygens (including phenoxy) is 2. The minimum atomic E-state index is -0.359. The first-order chi connectivity index (χ1) is 13.0.